The molecule has 2 aromatic rings. The van der Waals surface area contributed by atoms with Crippen molar-refractivity contribution < 1.29 is 19.1 Å². The van der Waals surface area contributed by atoms with Gasteiger partial charge in [0.25, 0.3) is 5.91 Å². The summed E-state index contributed by atoms with van der Waals surface area (Å²) < 4.78 is 5.25. The van der Waals surface area contributed by atoms with E-state index in [4.69, 9.17) is 16.3 Å². The number of ether oxygens (including phenoxy) is 1. The highest BCUT2D eigenvalue weighted by Gasteiger charge is 2.44. The van der Waals surface area contributed by atoms with Crippen LogP contribution in [0.4, 0.5) is 5.69 Å². The molecule has 0 radical (unpaired) electrons. The van der Waals surface area contributed by atoms with Gasteiger partial charge in [-0.15, -0.1) is 0 Å². The standard InChI is InChI=1S/C25H30ClN3O4/c1-5-6-13-29-22(30)15-20(23(29)16-7-10-18(33-4)11-8-16)24(31)27-17-9-12-19(21(26)14-17)25(32)28(2)3/h7-12,14,20,23H,5-6,13,15H2,1-4H3,(H,27,31). The Morgan fingerprint density at radius 1 is 1.18 bits per heavy atom. The number of anilines is 1. The molecule has 2 aromatic carbocycles. The molecule has 0 aliphatic carbocycles. The molecule has 1 aliphatic rings. The molecule has 1 heterocycles. The van der Waals surface area contributed by atoms with Crippen LogP contribution in [0, 0.1) is 5.92 Å². The van der Waals surface area contributed by atoms with Crippen molar-refractivity contribution in [1.82, 2.24) is 9.80 Å². The van der Waals surface area contributed by atoms with Gasteiger partial charge >= 0.3 is 0 Å². The Balaban J connectivity index is 1.85. The first kappa shape index (κ1) is 24.6. The maximum atomic E-state index is 13.3. The van der Waals surface area contributed by atoms with Gasteiger partial charge < -0.3 is 19.9 Å². The molecule has 1 fully saturated rings. The van der Waals surface area contributed by atoms with Gasteiger partial charge in [-0.05, 0) is 42.3 Å². The third-order valence-corrected chi connectivity index (χ3v) is 6.16. The summed E-state index contributed by atoms with van der Waals surface area (Å²) >= 11 is 6.30. The Bertz CT molecular complexity index is 1020. The fraction of sp³-hybridized carbons (Fsp3) is 0.400. The lowest BCUT2D eigenvalue weighted by Crippen LogP contribution is -2.33. The Labute approximate surface area is 199 Å². The summed E-state index contributed by atoms with van der Waals surface area (Å²) in [5, 5.41) is 3.14. The summed E-state index contributed by atoms with van der Waals surface area (Å²) in [6, 6.07) is 11.9. The van der Waals surface area contributed by atoms with Crippen molar-refractivity contribution in [3.8, 4) is 5.75 Å². The zero-order valence-corrected chi connectivity index (χ0v) is 20.2. The first-order chi connectivity index (χ1) is 15.8. The van der Waals surface area contributed by atoms with Crippen molar-refractivity contribution in [2.45, 2.75) is 32.2 Å². The van der Waals surface area contributed by atoms with E-state index in [-0.39, 0.29) is 35.2 Å². The fourth-order valence-corrected chi connectivity index (χ4v) is 4.33. The van der Waals surface area contributed by atoms with Gasteiger partial charge in [0.15, 0.2) is 0 Å². The quantitative estimate of drug-likeness (QED) is 0.619. The van der Waals surface area contributed by atoms with E-state index >= 15 is 0 Å². The fourth-order valence-electron chi connectivity index (χ4n) is 4.07. The van der Waals surface area contributed by atoms with E-state index in [1.165, 1.54) is 4.90 Å². The second-order valence-corrected chi connectivity index (χ2v) is 8.76. The van der Waals surface area contributed by atoms with E-state index in [1.807, 2.05) is 24.3 Å². The van der Waals surface area contributed by atoms with E-state index < -0.39 is 5.92 Å². The number of nitrogens with one attached hydrogen (secondary N) is 1. The number of amides is 3. The highest BCUT2D eigenvalue weighted by atomic mass is 35.5. The van der Waals surface area contributed by atoms with E-state index in [1.54, 1.807) is 44.3 Å². The van der Waals surface area contributed by atoms with Gasteiger partial charge in [0, 0.05) is 32.7 Å². The number of hydrogen-bond donors (Lipinski definition) is 1. The first-order valence-electron chi connectivity index (χ1n) is 11.0. The predicted octanol–water partition coefficient (Wildman–Crippen LogP) is 4.38. The van der Waals surface area contributed by atoms with Crippen LogP contribution in [0.5, 0.6) is 5.75 Å². The molecule has 1 saturated heterocycles. The van der Waals surface area contributed by atoms with Crippen LogP contribution >= 0.6 is 11.6 Å². The molecule has 1 N–H and O–H groups in total. The lowest BCUT2D eigenvalue weighted by atomic mass is 9.92. The van der Waals surface area contributed by atoms with Gasteiger partial charge in [0.05, 0.1) is 29.7 Å². The van der Waals surface area contributed by atoms with Crippen LogP contribution in [-0.4, -0.2) is 55.3 Å². The van der Waals surface area contributed by atoms with E-state index in [0.717, 1.165) is 18.4 Å². The van der Waals surface area contributed by atoms with E-state index in [9.17, 15) is 14.4 Å². The average Bonchev–Trinajstić information content (AvgIpc) is 3.13. The molecule has 3 rings (SSSR count). The number of nitrogens with zero attached hydrogens (tertiary/aromatic N) is 2. The number of unbranched alkanes of at least 4 members (excludes halogenated alkanes) is 1. The number of halogens is 1. The summed E-state index contributed by atoms with van der Waals surface area (Å²) in [6.45, 7) is 2.67. The normalized spacial score (nSPS) is 17.7. The smallest absolute Gasteiger partial charge is 0.254 e. The average molecular weight is 472 g/mol. The Kier molecular flexibility index (Phi) is 7.97. The maximum Gasteiger partial charge on any atom is 0.254 e. The summed E-state index contributed by atoms with van der Waals surface area (Å²) in [5.74, 6) is -0.346. The van der Waals surface area contributed by atoms with Crippen molar-refractivity contribution in [2.75, 3.05) is 33.1 Å². The minimum absolute atomic E-state index is 0.0330. The number of hydrogen-bond acceptors (Lipinski definition) is 4. The van der Waals surface area contributed by atoms with Gasteiger partial charge in [-0.2, -0.15) is 0 Å². The molecule has 0 spiro atoms. The predicted molar refractivity (Wildman–Crippen MR) is 129 cm³/mol. The largest absolute Gasteiger partial charge is 0.497 e. The lowest BCUT2D eigenvalue weighted by Gasteiger charge is -2.28. The third-order valence-electron chi connectivity index (χ3n) is 5.85. The van der Waals surface area contributed by atoms with Gasteiger partial charge in [-0.25, -0.2) is 0 Å². The van der Waals surface area contributed by atoms with Crippen LogP contribution < -0.4 is 10.1 Å². The zero-order valence-electron chi connectivity index (χ0n) is 19.4. The molecular weight excluding hydrogens is 442 g/mol. The number of rotatable bonds is 8. The first-order valence-corrected chi connectivity index (χ1v) is 11.4. The van der Waals surface area contributed by atoms with Crippen molar-refractivity contribution in [3.63, 3.8) is 0 Å². The summed E-state index contributed by atoms with van der Waals surface area (Å²) in [7, 11) is 4.89. The maximum absolute atomic E-state index is 13.3. The monoisotopic (exact) mass is 471 g/mol. The molecule has 0 aromatic heterocycles. The SMILES string of the molecule is CCCCN1C(=O)CC(C(=O)Nc2ccc(C(=O)N(C)C)c(Cl)c2)C1c1ccc(OC)cc1. The summed E-state index contributed by atoms with van der Waals surface area (Å²) in [4.78, 5) is 41.6. The molecule has 7 nitrogen and oxygen atoms in total. The van der Waals surface area contributed by atoms with Gasteiger partial charge in [-0.1, -0.05) is 37.1 Å². The van der Waals surface area contributed by atoms with Crippen LogP contribution in [0.25, 0.3) is 0 Å². The van der Waals surface area contributed by atoms with Gasteiger partial charge in [-0.3, -0.25) is 14.4 Å². The van der Waals surface area contributed by atoms with Crippen LogP contribution in [0.1, 0.15) is 48.1 Å². The molecule has 1 aliphatic heterocycles. The number of carbonyl (C=O) groups excluding carboxylic acids is 3. The molecule has 33 heavy (non-hydrogen) atoms. The minimum Gasteiger partial charge on any atom is -0.497 e. The van der Waals surface area contributed by atoms with Gasteiger partial charge in [0.2, 0.25) is 11.8 Å². The Hall–Kier alpha value is -3.06. The third kappa shape index (κ3) is 5.47. The van der Waals surface area contributed by atoms with Crippen LogP contribution in [0.2, 0.25) is 5.02 Å². The Morgan fingerprint density at radius 2 is 1.88 bits per heavy atom. The molecule has 0 bridgehead atoms. The van der Waals surface area contributed by atoms with E-state index in [2.05, 4.69) is 12.2 Å². The second-order valence-electron chi connectivity index (χ2n) is 8.35. The molecule has 3 amide bonds. The topological polar surface area (TPSA) is 79.0 Å². The molecule has 2 unspecified atom stereocenters. The summed E-state index contributed by atoms with van der Waals surface area (Å²) in [6.07, 6.45) is 1.95. The van der Waals surface area contributed by atoms with Crippen LogP contribution in [-0.2, 0) is 9.59 Å². The van der Waals surface area contributed by atoms with Crippen LogP contribution in [0.3, 0.4) is 0 Å². The number of benzene rings is 2. The van der Waals surface area contributed by atoms with Crippen molar-refractivity contribution in [1.29, 1.82) is 0 Å². The van der Waals surface area contributed by atoms with Crippen LogP contribution in [0.15, 0.2) is 42.5 Å². The number of likely N-dealkylation sites (tertiary alicyclic amines) is 1. The minimum atomic E-state index is -0.551. The number of carbonyl (C=O) groups is 3. The Morgan fingerprint density at radius 3 is 2.45 bits per heavy atom. The summed E-state index contributed by atoms with van der Waals surface area (Å²) in [5.41, 5.74) is 1.73. The lowest BCUT2D eigenvalue weighted by molar-refractivity contribution is -0.129. The van der Waals surface area contributed by atoms with Gasteiger partial charge in [0.1, 0.15) is 5.75 Å². The zero-order chi connectivity index (χ0) is 24.1. The van der Waals surface area contributed by atoms with Crippen molar-refractivity contribution in [2.24, 2.45) is 5.92 Å². The van der Waals surface area contributed by atoms with Crippen molar-refractivity contribution in [3.05, 3.63) is 58.6 Å². The highest BCUT2D eigenvalue weighted by molar-refractivity contribution is 6.34. The second kappa shape index (κ2) is 10.7. The van der Waals surface area contributed by atoms with Crippen molar-refractivity contribution >= 4 is 35.0 Å². The molecule has 8 heteroatoms. The molecule has 0 saturated carbocycles. The number of methoxy groups -OCH3 is 1. The van der Waals surface area contributed by atoms with E-state index in [0.29, 0.717) is 23.5 Å². The molecular formula is C25H30ClN3O4. The highest BCUT2D eigenvalue weighted by Crippen LogP contribution is 2.39. The molecule has 176 valence electrons. The molecule has 2 atom stereocenters.